The molecule has 0 saturated heterocycles. The number of methoxy groups -OCH3 is 1. The van der Waals surface area contributed by atoms with Crippen molar-refractivity contribution in [1.29, 1.82) is 0 Å². The van der Waals surface area contributed by atoms with Gasteiger partial charge in [-0.25, -0.2) is 0 Å². The quantitative estimate of drug-likeness (QED) is 0.853. The average molecular weight is 236 g/mol. The van der Waals surface area contributed by atoms with Crippen molar-refractivity contribution >= 4 is 0 Å². The van der Waals surface area contributed by atoms with Gasteiger partial charge in [0.05, 0.1) is 13.2 Å². The zero-order valence-electron chi connectivity index (χ0n) is 11.5. The molecule has 3 nitrogen and oxygen atoms in total. The van der Waals surface area contributed by atoms with Gasteiger partial charge in [-0.05, 0) is 31.6 Å². The van der Waals surface area contributed by atoms with E-state index in [0.29, 0.717) is 12.5 Å². The summed E-state index contributed by atoms with van der Waals surface area (Å²) >= 11 is 0. The molecule has 1 unspecified atom stereocenters. The summed E-state index contributed by atoms with van der Waals surface area (Å²) in [5.41, 5.74) is 8.35. The fourth-order valence-electron chi connectivity index (χ4n) is 1.99. The Morgan fingerprint density at radius 2 is 1.94 bits per heavy atom. The Bertz CT molecular complexity index is 361. The normalized spacial score (nSPS) is 13.2. The molecule has 3 heteroatoms. The Morgan fingerprint density at radius 1 is 1.29 bits per heavy atom. The van der Waals surface area contributed by atoms with Crippen molar-refractivity contribution in [1.82, 2.24) is 4.90 Å². The molecule has 17 heavy (non-hydrogen) atoms. The molecule has 0 saturated carbocycles. The second kappa shape index (κ2) is 6.03. The van der Waals surface area contributed by atoms with Crippen LogP contribution in [0.15, 0.2) is 18.2 Å². The summed E-state index contributed by atoms with van der Waals surface area (Å²) in [6, 6.07) is 6.57. The summed E-state index contributed by atoms with van der Waals surface area (Å²) in [5.74, 6) is 1.43. The van der Waals surface area contributed by atoms with Crippen molar-refractivity contribution in [2.75, 3.05) is 27.7 Å². The maximum absolute atomic E-state index is 5.86. The highest BCUT2D eigenvalue weighted by atomic mass is 16.5. The first-order valence-electron chi connectivity index (χ1n) is 6.05. The van der Waals surface area contributed by atoms with Gasteiger partial charge in [0.2, 0.25) is 0 Å². The predicted molar refractivity (Wildman–Crippen MR) is 72.6 cm³/mol. The lowest BCUT2D eigenvalue weighted by Gasteiger charge is -2.25. The number of nitrogens with two attached hydrogens (primary N) is 1. The van der Waals surface area contributed by atoms with Crippen LogP contribution in [0.25, 0.3) is 0 Å². The van der Waals surface area contributed by atoms with Gasteiger partial charge < -0.3 is 15.4 Å². The summed E-state index contributed by atoms with van der Waals surface area (Å²) in [6.45, 7) is 4.97. The number of hydrogen-bond donors (Lipinski definition) is 1. The van der Waals surface area contributed by atoms with Crippen LogP contribution in [0.2, 0.25) is 0 Å². The van der Waals surface area contributed by atoms with Crippen LogP contribution in [-0.4, -0.2) is 32.6 Å². The maximum atomic E-state index is 5.86. The van der Waals surface area contributed by atoms with Crippen molar-refractivity contribution in [3.63, 3.8) is 0 Å². The minimum Gasteiger partial charge on any atom is -0.496 e. The fraction of sp³-hybridized carbons (Fsp3) is 0.571. The molecule has 0 amide bonds. The van der Waals surface area contributed by atoms with Crippen LogP contribution in [0.1, 0.15) is 36.9 Å². The van der Waals surface area contributed by atoms with E-state index in [4.69, 9.17) is 10.5 Å². The number of hydrogen-bond acceptors (Lipinski definition) is 3. The SMILES string of the molecule is COc1ccc(C(C)C)cc1C(CN)N(C)C. The smallest absolute Gasteiger partial charge is 0.123 e. The van der Waals surface area contributed by atoms with E-state index in [2.05, 4.69) is 30.9 Å². The fourth-order valence-corrected chi connectivity index (χ4v) is 1.99. The second-order valence-corrected chi connectivity index (χ2v) is 4.87. The molecule has 1 rings (SSSR count). The third-order valence-corrected chi connectivity index (χ3v) is 3.13. The summed E-state index contributed by atoms with van der Waals surface area (Å²) in [6.07, 6.45) is 0. The van der Waals surface area contributed by atoms with E-state index in [0.717, 1.165) is 5.75 Å². The lowest BCUT2D eigenvalue weighted by atomic mass is 9.96. The standard InChI is InChI=1S/C14H24N2O/c1-10(2)11-6-7-14(17-5)12(8-11)13(9-15)16(3)4/h6-8,10,13H,9,15H2,1-5H3. The number of rotatable bonds is 5. The highest BCUT2D eigenvalue weighted by Gasteiger charge is 2.17. The molecule has 0 bridgehead atoms. The van der Waals surface area contributed by atoms with E-state index in [-0.39, 0.29) is 6.04 Å². The Kier molecular flexibility index (Phi) is 4.97. The van der Waals surface area contributed by atoms with Crippen molar-refractivity contribution in [2.24, 2.45) is 5.73 Å². The Hall–Kier alpha value is -1.06. The van der Waals surface area contributed by atoms with Gasteiger partial charge in [-0.15, -0.1) is 0 Å². The highest BCUT2D eigenvalue weighted by molar-refractivity contribution is 5.40. The topological polar surface area (TPSA) is 38.5 Å². The number of likely N-dealkylation sites (N-methyl/N-ethyl adjacent to an activating group) is 1. The molecule has 0 aliphatic rings. The molecule has 0 aliphatic heterocycles. The minimum absolute atomic E-state index is 0.198. The van der Waals surface area contributed by atoms with Crippen molar-refractivity contribution in [2.45, 2.75) is 25.8 Å². The first-order chi connectivity index (χ1) is 8.01. The van der Waals surface area contributed by atoms with Gasteiger partial charge in [-0.3, -0.25) is 0 Å². The molecule has 2 N–H and O–H groups in total. The third kappa shape index (κ3) is 3.20. The lowest BCUT2D eigenvalue weighted by Crippen LogP contribution is -2.27. The molecule has 0 fully saturated rings. The molecule has 0 aliphatic carbocycles. The molecule has 0 radical (unpaired) electrons. The van der Waals surface area contributed by atoms with E-state index in [1.807, 2.05) is 20.2 Å². The molecule has 96 valence electrons. The van der Waals surface area contributed by atoms with Crippen molar-refractivity contribution < 1.29 is 4.74 Å². The average Bonchev–Trinajstić information content (AvgIpc) is 2.29. The van der Waals surface area contributed by atoms with E-state index in [1.54, 1.807) is 7.11 Å². The van der Waals surface area contributed by atoms with Crippen LogP contribution in [0, 0.1) is 0 Å². The monoisotopic (exact) mass is 236 g/mol. The Balaban J connectivity index is 3.21. The summed E-state index contributed by atoms with van der Waals surface area (Å²) in [7, 11) is 5.79. The predicted octanol–water partition coefficient (Wildman–Crippen LogP) is 2.38. The van der Waals surface area contributed by atoms with Gasteiger partial charge in [-0.1, -0.05) is 26.0 Å². The van der Waals surface area contributed by atoms with Gasteiger partial charge in [0, 0.05) is 12.1 Å². The van der Waals surface area contributed by atoms with Crippen molar-refractivity contribution in [3.05, 3.63) is 29.3 Å². The van der Waals surface area contributed by atoms with Crippen LogP contribution in [0.5, 0.6) is 5.75 Å². The van der Waals surface area contributed by atoms with Gasteiger partial charge in [0.1, 0.15) is 5.75 Å². The zero-order chi connectivity index (χ0) is 13.0. The molecule has 1 aromatic carbocycles. The summed E-state index contributed by atoms with van der Waals surface area (Å²) in [4.78, 5) is 2.13. The van der Waals surface area contributed by atoms with Gasteiger partial charge >= 0.3 is 0 Å². The van der Waals surface area contributed by atoms with E-state index < -0.39 is 0 Å². The molecule has 0 aromatic heterocycles. The number of nitrogens with zero attached hydrogens (tertiary/aromatic N) is 1. The maximum Gasteiger partial charge on any atom is 0.123 e. The molecular weight excluding hydrogens is 212 g/mol. The number of benzene rings is 1. The molecule has 0 spiro atoms. The van der Waals surface area contributed by atoms with Crippen molar-refractivity contribution in [3.8, 4) is 5.75 Å². The Morgan fingerprint density at radius 3 is 2.35 bits per heavy atom. The lowest BCUT2D eigenvalue weighted by molar-refractivity contribution is 0.294. The van der Waals surface area contributed by atoms with E-state index >= 15 is 0 Å². The zero-order valence-corrected chi connectivity index (χ0v) is 11.5. The largest absolute Gasteiger partial charge is 0.496 e. The summed E-state index contributed by atoms with van der Waals surface area (Å²) < 4.78 is 5.43. The molecule has 1 atom stereocenters. The third-order valence-electron chi connectivity index (χ3n) is 3.13. The van der Waals surface area contributed by atoms with Crippen LogP contribution >= 0.6 is 0 Å². The minimum atomic E-state index is 0.198. The van der Waals surface area contributed by atoms with Crippen LogP contribution in [0.3, 0.4) is 0 Å². The molecule has 0 heterocycles. The van der Waals surface area contributed by atoms with E-state index in [9.17, 15) is 0 Å². The van der Waals surface area contributed by atoms with Gasteiger partial charge in [-0.2, -0.15) is 0 Å². The van der Waals surface area contributed by atoms with Gasteiger partial charge in [0.25, 0.3) is 0 Å². The summed E-state index contributed by atoms with van der Waals surface area (Å²) in [5, 5.41) is 0. The van der Waals surface area contributed by atoms with E-state index in [1.165, 1.54) is 11.1 Å². The van der Waals surface area contributed by atoms with Crippen LogP contribution in [0.4, 0.5) is 0 Å². The molecule has 1 aromatic rings. The first-order valence-corrected chi connectivity index (χ1v) is 6.05. The van der Waals surface area contributed by atoms with Gasteiger partial charge in [0.15, 0.2) is 0 Å². The second-order valence-electron chi connectivity index (χ2n) is 4.87. The van der Waals surface area contributed by atoms with Crippen LogP contribution < -0.4 is 10.5 Å². The number of ether oxygens (including phenoxy) is 1. The highest BCUT2D eigenvalue weighted by Crippen LogP contribution is 2.30. The first kappa shape index (κ1) is 14.0. The van der Waals surface area contributed by atoms with Crippen LogP contribution in [-0.2, 0) is 0 Å². The Labute approximate surface area is 105 Å². The molecular formula is C14H24N2O.